The minimum Gasteiger partial charge on any atom is -0.505 e. The fourth-order valence-electron chi connectivity index (χ4n) is 3.00. The second-order valence-corrected chi connectivity index (χ2v) is 7.52. The molecule has 174 valence electrons. The molecule has 0 saturated heterocycles. The van der Waals surface area contributed by atoms with Crippen molar-refractivity contribution < 1.29 is 44.2 Å². The van der Waals surface area contributed by atoms with Gasteiger partial charge in [-0.25, -0.2) is 4.79 Å². The Bertz CT molecular complexity index is 547. The molecular weight excluding hydrogens is 396 g/mol. The Balaban J connectivity index is 2.22. The summed E-state index contributed by atoms with van der Waals surface area (Å²) in [6.45, 7) is 0.743. The van der Waals surface area contributed by atoms with Gasteiger partial charge in [-0.05, 0) is 6.42 Å². The lowest BCUT2D eigenvalue weighted by atomic mass is 10.1. The van der Waals surface area contributed by atoms with E-state index in [0.29, 0.717) is 6.42 Å². The average molecular weight is 433 g/mol. The molecule has 1 rings (SSSR count). The molecule has 0 saturated carbocycles. The highest BCUT2D eigenvalue weighted by Gasteiger charge is 2.41. The van der Waals surface area contributed by atoms with Crippen LogP contribution in [0.15, 0.2) is 11.5 Å². The minimum absolute atomic E-state index is 0.238. The van der Waals surface area contributed by atoms with E-state index in [1.54, 1.807) is 0 Å². The Hall–Kier alpha value is -1.84. The molecule has 0 amide bonds. The molecule has 0 aromatic carbocycles. The molecule has 0 fully saturated rings. The van der Waals surface area contributed by atoms with E-state index in [1.165, 1.54) is 32.1 Å². The van der Waals surface area contributed by atoms with Gasteiger partial charge in [-0.15, -0.1) is 0 Å². The number of hydrogen-bond acceptors (Lipinski definition) is 9. The molecular formula is C21H36O9. The zero-order valence-electron chi connectivity index (χ0n) is 17.8. The van der Waals surface area contributed by atoms with Crippen molar-refractivity contribution in [2.45, 2.75) is 89.4 Å². The average Bonchev–Trinajstić information content (AvgIpc) is 3.02. The monoisotopic (exact) mass is 432 g/mol. The van der Waals surface area contributed by atoms with Crippen LogP contribution >= 0.6 is 0 Å². The zero-order valence-corrected chi connectivity index (χ0v) is 17.8. The highest BCUT2D eigenvalue weighted by Crippen LogP contribution is 2.24. The number of ether oxygens (including phenoxy) is 3. The van der Waals surface area contributed by atoms with Crippen molar-refractivity contribution in [3.63, 3.8) is 0 Å². The maximum atomic E-state index is 11.8. The van der Waals surface area contributed by atoms with Crippen molar-refractivity contribution in [3.05, 3.63) is 11.5 Å². The highest BCUT2D eigenvalue weighted by molar-refractivity contribution is 5.89. The number of aliphatic hydroxyl groups excluding tert-OH is 4. The smallest absolute Gasteiger partial charge is 0.378 e. The van der Waals surface area contributed by atoms with Crippen molar-refractivity contribution in [1.82, 2.24) is 0 Å². The SMILES string of the molecule is CCCCCCCCCCCC(=O)OC[C@H](O)[C@H]1OC(=O)C(OCC(O)CO)=C1O. The van der Waals surface area contributed by atoms with Gasteiger partial charge in [0, 0.05) is 6.42 Å². The topological polar surface area (TPSA) is 143 Å². The molecule has 9 nitrogen and oxygen atoms in total. The first-order valence-corrected chi connectivity index (χ1v) is 10.8. The Labute approximate surface area is 177 Å². The Kier molecular flexibility index (Phi) is 13.1. The standard InChI is InChI=1S/C21H36O9/c1-2-3-4-5-6-7-8-9-10-11-17(25)28-14-16(24)19-18(26)20(21(27)30-19)29-13-15(23)12-22/h15-16,19,22-24,26H,2-14H2,1H3/t15?,16-,19+/m0/s1. The molecule has 3 atom stereocenters. The largest absolute Gasteiger partial charge is 0.505 e. The molecule has 1 heterocycles. The molecule has 0 radical (unpaired) electrons. The highest BCUT2D eigenvalue weighted by atomic mass is 16.6. The molecule has 4 N–H and O–H groups in total. The summed E-state index contributed by atoms with van der Waals surface area (Å²) in [6, 6.07) is 0. The molecule has 0 bridgehead atoms. The minimum atomic E-state index is -1.45. The first kappa shape index (κ1) is 26.2. The van der Waals surface area contributed by atoms with Crippen LogP contribution in [0.1, 0.15) is 71.1 Å². The van der Waals surface area contributed by atoms with Gasteiger partial charge >= 0.3 is 11.9 Å². The molecule has 0 spiro atoms. The first-order valence-electron chi connectivity index (χ1n) is 10.8. The van der Waals surface area contributed by atoms with Crippen LogP contribution in [0, 0.1) is 0 Å². The van der Waals surface area contributed by atoms with Crippen molar-refractivity contribution in [2.75, 3.05) is 19.8 Å². The van der Waals surface area contributed by atoms with Crippen LogP contribution in [0.2, 0.25) is 0 Å². The van der Waals surface area contributed by atoms with Crippen LogP contribution in [-0.2, 0) is 23.8 Å². The van der Waals surface area contributed by atoms with Gasteiger partial charge in [0.25, 0.3) is 0 Å². The van der Waals surface area contributed by atoms with Gasteiger partial charge in [-0.2, -0.15) is 0 Å². The molecule has 0 aromatic rings. The van der Waals surface area contributed by atoms with E-state index in [2.05, 4.69) is 6.92 Å². The van der Waals surface area contributed by atoms with Gasteiger partial charge < -0.3 is 34.6 Å². The summed E-state index contributed by atoms with van der Waals surface area (Å²) in [5.74, 6) is -2.67. The van der Waals surface area contributed by atoms with Gasteiger partial charge in [-0.1, -0.05) is 58.3 Å². The summed E-state index contributed by atoms with van der Waals surface area (Å²) in [7, 11) is 0. The Morgan fingerprint density at radius 1 is 1.03 bits per heavy atom. The van der Waals surface area contributed by atoms with E-state index in [0.717, 1.165) is 19.3 Å². The summed E-state index contributed by atoms with van der Waals surface area (Å²) in [4.78, 5) is 23.5. The van der Waals surface area contributed by atoms with Gasteiger partial charge in [0.1, 0.15) is 25.4 Å². The van der Waals surface area contributed by atoms with E-state index < -0.39 is 61.6 Å². The van der Waals surface area contributed by atoms with Gasteiger partial charge in [0.2, 0.25) is 5.76 Å². The van der Waals surface area contributed by atoms with Crippen LogP contribution < -0.4 is 0 Å². The Morgan fingerprint density at radius 2 is 1.63 bits per heavy atom. The quantitative estimate of drug-likeness (QED) is 0.200. The fraction of sp³-hybridized carbons (Fsp3) is 0.810. The number of carbonyl (C=O) groups is 2. The van der Waals surface area contributed by atoms with Gasteiger partial charge in [0.15, 0.2) is 11.9 Å². The van der Waals surface area contributed by atoms with Crippen LogP contribution in [0.5, 0.6) is 0 Å². The van der Waals surface area contributed by atoms with Crippen LogP contribution in [0.3, 0.4) is 0 Å². The number of cyclic esters (lactones) is 1. The molecule has 1 unspecified atom stereocenters. The number of aliphatic hydroxyl groups is 4. The summed E-state index contributed by atoms with van der Waals surface area (Å²) in [5.41, 5.74) is 0. The summed E-state index contributed by atoms with van der Waals surface area (Å²) in [6.07, 6.45) is 6.30. The summed E-state index contributed by atoms with van der Waals surface area (Å²) >= 11 is 0. The van der Waals surface area contributed by atoms with Gasteiger partial charge in [0.05, 0.1) is 6.61 Å². The van der Waals surface area contributed by atoms with Crippen molar-refractivity contribution in [3.8, 4) is 0 Å². The second kappa shape index (κ2) is 15.0. The van der Waals surface area contributed by atoms with Crippen LogP contribution in [-0.4, -0.2) is 70.5 Å². The molecule has 0 aromatic heterocycles. The van der Waals surface area contributed by atoms with E-state index in [1.807, 2.05) is 0 Å². The summed E-state index contributed by atoms with van der Waals surface area (Å²) < 4.78 is 14.8. The third-order valence-corrected chi connectivity index (χ3v) is 4.80. The van der Waals surface area contributed by atoms with E-state index in [4.69, 9.17) is 19.3 Å². The van der Waals surface area contributed by atoms with E-state index in [9.17, 15) is 24.9 Å². The molecule has 9 heteroatoms. The number of unbranched alkanes of at least 4 members (excludes halogenated alkanes) is 8. The Morgan fingerprint density at radius 3 is 2.23 bits per heavy atom. The maximum absolute atomic E-state index is 11.8. The molecule has 1 aliphatic heterocycles. The van der Waals surface area contributed by atoms with Crippen molar-refractivity contribution in [1.29, 1.82) is 0 Å². The lowest BCUT2D eigenvalue weighted by Crippen LogP contribution is -2.33. The van der Waals surface area contributed by atoms with E-state index in [-0.39, 0.29) is 6.42 Å². The predicted molar refractivity (Wildman–Crippen MR) is 107 cm³/mol. The van der Waals surface area contributed by atoms with Crippen LogP contribution in [0.25, 0.3) is 0 Å². The van der Waals surface area contributed by atoms with Crippen LogP contribution in [0.4, 0.5) is 0 Å². The van der Waals surface area contributed by atoms with Gasteiger partial charge in [-0.3, -0.25) is 4.79 Å². The molecule has 30 heavy (non-hydrogen) atoms. The molecule has 1 aliphatic rings. The number of hydrogen-bond donors (Lipinski definition) is 4. The predicted octanol–water partition coefficient (Wildman–Crippen LogP) is 1.88. The summed E-state index contributed by atoms with van der Waals surface area (Å²) in [5, 5.41) is 38.0. The number of esters is 2. The third-order valence-electron chi connectivity index (χ3n) is 4.80. The lowest BCUT2D eigenvalue weighted by Gasteiger charge is -2.17. The number of rotatable bonds is 17. The zero-order chi connectivity index (χ0) is 22.4. The normalized spacial score (nSPS) is 18.3. The van der Waals surface area contributed by atoms with Crippen molar-refractivity contribution in [2.24, 2.45) is 0 Å². The maximum Gasteiger partial charge on any atom is 0.378 e. The number of carbonyl (C=O) groups excluding carboxylic acids is 2. The fourth-order valence-corrected chi connectivity index (χ4v) is 3.00. The van der Waals surface area contributed by atoms with Crippen molar-refractivity contribution >= 4 is 11.9 Å². The second-order valence-electron chi connectivity index (χ2n) is 7.52. The first-order chi connectivity index (χ1) is 14.4. The molecule has 0 aliphatic carbocycles. The van der Waals surface area contributed by atoms with E-state index >= 15 is 0 Å². The third kappa shape index (κ3) is 9.77. The lowest BCUT2D eigenvalue weighted by molar-refractivity contribution is -0.155.